The Morgan fingerprint density at radius 1 is 1.43 bits per heavy atom. The van der Waals surface area contributed by atoms with E-state index in [1.165, 1.54) is 5.82 Å². The average Bonchev–Trinajstić information content (AvgIpc) is 2.85. The summed E-state index contributed by atoms with van der Waals surface area (Å²) in [7, 11) is 0. The lowest BCUT2D eigenvalue weighted by Gasteiger charge is -2.29. The van der Waals surface area contributed by atoms with E-state index in [1.807, 2.05) is 25.1 Å². The Morgan fingerprint density at radius 2 is 2.24 bits per heavy atom. The Labute approximate surface area is 125 Å². The van der Waals surface area contributed by atoms with Crippen LogP contribution in [-0.2, 0) is 13.0 Å². The van der Waals surface area contributed by atoms with Crippen LogP contribution in [0.25, 0.3) is 0 Å². The van der Waals surface area contributed by atoms with Crippen molar-refractivity contribution in [2.75, 3.05) is 0 Å². The molecule has 0 amide bonds. The number of benzene rings is 1. The molecule has 0 saturated carbocycles. The Bertz CT molecular complexity index is 620. The van der Waals surface area contributed by atoms with Crippen LogP contribution >= 0.6 is 0 Å². The molecule has 2 atom stereocenters. The number of nitrogens with zero attached hydrogens (tertiary/aromatic N) is 2. The number of hydrogen-bond donors (Lipinski definition) is 2. The number of phenolic OH excluding ortho intramolecular Hbond substituents is 1. The topological polar surface area (TPSA) is 50.1 Å². The largest absolute Gasteiger partial charge is 0.508 e. The lowest BCUT2D eigenvalue weighted by Crippen LogP contribution is -2.39. The van der Waals surface area contributed by atoms with E-state index < -0.39 is 0 Å². The second-order valence-corrected chi connectivity index (χ2v) is 5.87. The van der Waals surface area contributed by atoms with E-state index in [9.17, 15) is 5.11 Å². The molecule has 0 spiro atoms. The van der Waals surface area contributed by atoms with Gasteiger partial charge in [0.25, 0.3) is 0 Å². The lowest BCUT2D eigenvalue weighted by atomic mass is 10.00. The summed E-state index contributed by atoms with van der Waals surface area (Å²) in [6.07, 6.45) is 5.21. The molecule has 1 aromatic heterocycles. The number of para-hydroxylation sites is 1. The Kier molecular flexibility index (Phi) is 3.97. The molecule has 1 aromatic carbocycles. The van der Waals surface area contributed by atoms with Crippen molar-refractivity contribution >= 4 is 0 Å². The van der Waals surface area contributed by atoms with E-state index in [2.05, 4.69) is 28.0 Å². The van der Waals surface area contributed by atoms with Crippen LogP contribution in [0.4, 0.5) is 0 Å². The van der Waals surface area contributed by atoms with Crippen molar-refractivity contribution < 1.29 is 5.11 Å². The highest BCUT2D eigenvalue weighted by Gasteiger charge is 2.23. The highest BCUT2D eigenvalue weighted by molar-refractivity contribution is 5.34. The lowest BCUT2D eigenvalue weighted by molar-refractivity contribution is 0.333. The minimum Gasteiger partial charge on any atom is -0.508 e. The minimum absolute atomic E-state index is 0.197. The zero-order valence-electron chi connectivity index (χ0n) is 12.7. The van der Waals surface area contributed by atoms with Gasteiger partial charge in [0, 0.05) is 36.8 Å². The van der Waals surface area contributed by atoms with Gasteiger partial charge in [-0.05, 0) is 25.8 Å². The van der Waals surface area contributed by atoms with Crippen molar-refractivity contribution in [3.8, 4) is 5.75 Å². The maximum Gasteiger partial charge on any atom is 0.120 e. The van der Waals surface area contributed by atoms with Gasteiger partial charge in [-0.2, -0.15) is 0 Å². The number of aromatic hydroxyl groups is 1. The van der Waals surface area contributed by atoms with Gasteiger partial charge in [-0.25, -0.2) is 4.98 Å². The van der Waals surface area contributed by atoms with Gasteiger partial charge < -0.3 is 15.0 Å². The van der Waals surface area contributed by atoms with Crippen molar-refractivity contribution in [1.29, 1.82) is 0 Å². The van der Waals surface area contributed by atoms with Gasteiger partial charge in [-0.15, -0.1) is 0 Å². The molecule has 112 valence electrons. The first-order valence-corrected chi connectivity index (χ1v) is 7.74. The highest BCUT2D eigenvalue weighted by Crippen LogP contribution is 2.27. The predicted octanol–water partition coefficient (Wildman–Crippen LogP) is 2.95. The molecule has 3 rings (SSSR count). The maximum atomic E-state index is 10.0. The molecule has 0 fully saturated rings. The van der Waals surface area contributed by atoms with Crippen LogP contribution in [0.3, 0.4) is 0 Å². The molecule has 4 nitrogen and oxygen atoms in total. The van der Waals surface area contributed by atoms with Crippen LogP contribution in [0.2, 0.25) is 0 Å². The Hall–Kier alpha value is -1.81. The molecule has 2 heterocycles. The van der Waals surface area contributed by atoms with Crippen LogP contribution in [0.5, 0.6) is 5.75 Å². The summed E-state index contributed by atoms with van der Waals surface area (Å²) >= 11 is 0. The molecular weight excluding hydrogens is 262 g/mol. The smallest absolute Gasteiger partial charge is 0.120 e. The van der Waals surface area contributed by atoms with E-state index in [0.717, 1.165) is 37.1 Å². The summed E-state index contributed by atoms with van der Waals surface area (Å²) < 4.78 is 2.26. The van der Waals surface area contributed by atoms with Gasteiger partial charge in [0.1, 0.15) is 11.6 Å². The SMILES string of the molecule is CC[C@@H](N[C@@H]1CCc2nc(C)cn2C1)c1ccccc1O. The second kappa shape index (κ2) is 5.90. The quantitative estimate of drug-likeness (QED) is 0.908. The molecule has 0 unspecified atom stereocenters. The third-order valence-electron chi connectivity index (χ3n) is 4.27. The molecule has 2 N–H and O–H groups in total. The first-order valence-electron chi connectivity index (χ1n) is 7.74. The molecule has 0 saturated heterocycles. The van der Waals surface area contributed by atoms with E-state index >= 15 is 0 Å². The normalized spacial score (nSPS) is 19.2. The number of phenols is 1. The fourth-order valence-electron chi connectivity index (χ4n) is 3.22. The fourth-order valence-corrected chi connectivity index (χ4v) is 3.22. The summed E-state index contributed by atoms with van der Waals surface area (Å²) in [6, 6.07) is 8.24. The fraction of sp³-hybridized carbons (Fsp3) is 0.471. The van der Waals surface area contributed by atoms with Gasteiger partial charge >= 0.3 is 0 Å². The molecule has 0 bridgehead atoms. The van der Waals surface area contributed by atoms with Crippen LogP contribution in [0, 0.1) is 6.92 Å². The van der Waals surface area contributed by atoms with Gasteiger partial charge in [0.2, 0.25) is 0 Å². The van der Waals surface area contributed by atoms with Gasteiger partial charge in [-0.1, -0.05) is 25.1 Å². The van der Waals surface area contributed by atoms with Crippen LogP contribution < -0.4 is 5.32 Å². The van der Waals surface area contributed by atoms with Gasteiger partial charge in [-0.3, -0.25) is 0 Å². The summed E-state index contributed by atoms with van der Waals surface area (Å²) in [6.45, 7) is 5.16. The minimum atomic E-state index is 0.197. The van der Waals surface area contributed by atoms with Crippen molar-refractivity contribution in [2.24, 2.45) is 0 Å². The van der Waals surface area contributed by atoms with Crippen LogP contribution in [0.1, 0.15) is 42.9 Å². The molecule has 0 aliphatic carbocycles. The molecule has 21 heavy (non-hydrogen) atoms. The molecule has 2 aromatic rings. The molecule has 1 aliphatic heterocycles. The monoisotopic (exact) mass is 285 g/mol. The Morgan fingerprint density at radius 3 is 3.00 bits per heavy atom. The van der Waals surface area contributed by atoms with Crippen molar-refractivity contribution in [3.63, 3.8) is 0 Å². The van der Waals surface area contributed by atoms with Crippen molar-refractivity contribution in [1.82, 2.24) is 14.9 Å². The summed E-state index contributed by atoms with van der Waals surface area (Å²) in [5.74, 6) is 1.58. The van der Waals surface area contributed by atoms with Gasteiger partial charge in [0.05, 0.1) is 5.69 Å². The number of imidazole rings is 1. The van der Waals surface area contributed by atoms with E-state index in [0.29, 0.717) is 11.8 Å². The predicted molar refractivity (Wildman–Crippen MR) is 83.3 cm³/mol. The first kappa shape index (κ1) is 14.1. The van der Waals surface area contributed by atoms with Crippen LogP contribution in [-0.4, -0.2) is 20.7 Å². The van der Waals surface area contributed by atoms with Gasteiger partial charge in [0.15, 0.2) is 0 Å². The summed E-state index contributed by atoms with van der Waals surface area (Å²) in [5, 5.41) is 13.8. The zero-order valence-corrected chi connectivity index (χ0v) is 12.7. The third kappa shape index (κ3) is 2.95. The number of hydrogen-bond acceptors (Lipinski definition) is 3. The molecular formula is C17H23N3O. The van der Waals surface area contributed by atoms with Crippen molar-refractivity contribution in [2.45, 2.75) is 51.7 Å². The van der Waals surface area contributed by atoms with E-state index in [-0.39, 0.29) is 6.04 Å². The summed E-state index contributed by atoms with van der Waals surface area (Å²) in [5.41, 5.74) is 2.09. The first-order chi connectivity index (χ1) is 10.2. The number of nitrogens with one attached hydrogen (secondary N) is 1. The summed E-state index contributed by atoms with van der Waals surface area (Å²) in [4.78, 5) is 4.55. The van der Waals surface area contributed by atoms with Crippen LogP contribution in [0.15, 0.2) is 30.5 Å². The molecule has 4 heteroatoms. The average molecular weight is 285 g/mol. The molecule has 0 radical (unpaired) electrons. The number of aromatic nitrogens is 2. The number of fused-ring (bicyclic) bond motifs is 1. The Balaban J connectivity index is 1.72. The highest BCUT2D eigenvalue weighted by atomic mass is 16.3. The third-order valence-corrected chi connectivity index (χ3v) is 4.27. The van der Waals surface area contributed by atoms with E-state index in [4.69, 9.17) is 0 Å². The molecule has 1 aliphatic rings. The zero-order chi connectivity index (χ0) is 14.8. The standard InChI is InChI=1S/C17H23N3O/c1-3-15(14-6-4-5-7-16(14)21)19-13-8-9-17-18-12(2)10-20(17)11-13/h4-7,10,13,15,19,21H,3,8-9,11H2,1-2H3/t13-,15-/m1/s1. The number of aryl methyl sites for hydroxylation is 2. The van der Waals surface area contributed by atoms with E-state index in [1.54, 1.807) is 6.07 Å². The van der Waals surface area contributed by atoms with Crippen molar-refractivity contribution in [3.05, 3.63) is 47.5 Å². The number of rotatable bonds is 4. The maximum absolute atomic E-state index is 10.0. The second-order valence-electron chi connectivity index (χ2n) is 5.87.